The molecule has 0 amide bonds. The van der Waals surface area contributed by atoms with Gasteiger partial charge in [-0.2, -0.15) is 0 Å². The Labute approximate surface area is 315 Å². The van der Waals surface area contributed by atoms with E-state index >= 15 is 0 Å². The molecule has 0 aliphatic heterocycles. The summed E-state index contributed by atoms with van der Waals surface area (Å²) < 4.78 is 23.2. The summed E-state index contributed by atoms with van der Waals surface area (Å²) in [5.74, 6) is 1.84. The summed E-state index contributed by atoms with van der Waals surface area (Å²) in [7, 11) is 11.3. The smallest absolute Gasteiger partial charge is 0.170 e. The minimum atomic E-state index is -1.42. The summed E-state index contributed by atoms with van der Waals surface area (Å²) in [4.78, 5) is 33.5. The van der Waals surface area contributed by atoms with Gasteiger partial charge in [0.2, 0.25) is 0 Å². The molecule has 0 fully saturated rings. The molecule has 0 saturated heterocycles. The number of ether oxygens (including phenoxy) is 4. The maximum Gasteiger partial charge on any atom is 0.170 e. The summed E-state index contributed by atoms with van der Waals surface area (Å²) >= 11 is 0. The van der Waals surface area contributed by atoms with Crippen LogP contribution in [0, 0.1) is 5.41 Å². The maximum absolute atomic E-state index is 14.6. The summed E-state index contributed by atoms with van der Waals surface area (Å²) in [6, 6.07) is 30.5. The highest BCUT2D eigenvalue weighted by molar-refractivity contribution is 6.17. The Kier molecular flexibility index (Phi) is 15.9. The number of methoxy groups -OCH3 is 2. The van der Waals surface area contributed by atoms with Crippen LogP contribution in [0.15, 0.2) is 109 Å². The van der Waals surface area contributed by atoms with Gasteiger partial charge in [0.05, 0.1) is 27.4 Å². The van der Waals surface area contributed by atoms with Gasteiger partial charge in [-0.15, -0.1) is 0 Å². The first kappa shape index (κ1) is 40.6. The van der Waals surface area contributed by atoms with Crippen molar-refractivity contribution in [2.24, 2.45) is 5.41 Å². The zero-order chi connectivity index (χ0) is 38.1. The Hall–Kier alpha value is -5.18. The Balaban J connectivity index is 1.66. The molecule has 0 radical (unpaired) electrons. The number of hydrogen-bond donors (Lipinski definition) is 0. The normalized spacial score (nSPS) is 11.8. The van der Waals surface area contributed by atoms with Gasteiger partial charge in [0.15, 0.2) is 34.6 Å². The van der Waals surface area contributed by atoms with Crippen molar-refractivity contribution in [3.63, 3.8) is 0 Å². The van der Waals surface area contributed by atoms with Gasteiger partial charge in [-0.1, -0.05) is 84.9 Å². The van der Waals surface area contributed by atoms with Crippen molar-refractivity contribution < 1.29 is 28.5 Å². The van der Waals surface area contributed by atoms with E-state index in [-0.39, 0.29) is 24.4 Å². The summed E-state index contributed by atoms with van der Waals surface area (Å²) in [6.45, 7) is 2.95. The van der Waals surface area contributed by atoms with Crippen LogP contribution in [0.5, 0.6) is 23.0 Å². The third kappa shape index (κ3) is 12.5. The molecule has 8 heteroatoms. The van der Waals surface area contributed by atoms with Gasteiger partial charge in [-0.3, -0.25) is 9.59 Å². The molecule has 8 nitrogen and oxygen atoms in total. The highest BCUT2D eigenvalue weighted by atomic mass is 16.5. The first-order chi connectivity index (χ1) is 25.6. The average Bonchev–Trinajstić information content (AvgIpc) is 3.17. The molecule has 0 spiro atoms. The van der Waals surface area contributed by atoms with Crippen LogP contribution < -0.4 is 18.9 Å². The molecule has 0 aliphatic carbocycles. The predicted octanol–water partition coefficient (Wildman–Crippen LogP) is 7.70. The molecule has 0 bridgehead atoms. The van der Waals surface area contributed by atoms with E-state index < -0.39 is 5.41 Å². The second kappa shape index (κ2) is 20.8. The summed E-state index contributed by atoms with van der Waals surface area (Å²) in [5.41, 5.74) is 1.87. The van der Waals surface area contributed by atoms with E-state index in [1.165, 1.54) is 12.2 Å². The van der Waals surface area contributed by atoms with Crippen molar-refractivity contribution in [2.45, 2.75) is 25.7 Å². The van der Waals surface area contributed by atoms with E-state index in [0.717, 1.165) is 48.2 Å². The minimum absolute atomic E-state index is 0.223. The maximum atomic E-state index is 14.6. The second-order valence-corrected chi connectivity index (χ2v) is 13.6. The number of hydrogen-bond acceptors (Lipinski definition) is 8. The van der Waals surface area contributed by atoms with Gasteiger partial charge in [-0.25, -0.2) is 0 Å². The molecule has 0 aliphatic rings. The molecule has 0 aromatic heterocycles. The average molecular weight is 719 g/mol. The molecule has 53 heavy (non-hydrogen) atoms. The number of ketones is 2. The van der Waals surface area contributed by atoms with Crippen LogP contribution in [0.3, 0.4) is 0 Å². The van der Waals surface area contributed by atoms with E-state index in [4.69, 9.17) is 18.9 Å². The first-order valence-electron chi connectivity index (χ1n) is 18.1. The molecule has 4 rings (SSSR count). The van der Waals surface area contributed by atoms with E-state index in [0.29, 0.717) is 36.2 Å². The van der Waals surface area contributed by atoms with Crippen LogP contribution in [0.4, 0.5) is 0 Å². The fourth-order valence-electron chi connectivity index (χ4n) is 6.02. The zero-order valence-electron chi connectivity index (χ0n) is 32.0. The topological polar surface area (TPSA) is 77.5 Å². The molecule has 0 heterocycles. The van der Waals surface area contributed by atoms with Gasteiger partial charge >= 0.3 is 0 Å². The Morgan fingerprint density at radius 2 is 0.962 bits per heavy atom. The van der Waals surface area contributed by atoms with Crippen LogP contribution in [-0.2, 0) is 22.4 Å². The van der Waals surface area contributed by atoms with Crippen LogP contribution in [0.2, 0.25) is 0 Å². The van der Waals surface area contributed by atoms with Crippen molar-refractivity contribution in [1.82, 2.24) is 9.80 Å². The highest BCUT2D eigenvalue weighted by Crippen LogP contribution is 2.34. The van der Waals surface area contributed by atoms with Crippen molar-refractivity contribution in [3.8, 4) is 23.0 Å². The van der Waals surface area contributed by atoms with Crippen molar-refractivity contribution in [3.05, 3.63) is 131 Å². The number of rotatable bonds is 22. The molecular weight excluding hydrogens is 665 g/mol. The van der Waals surface area contributed by atoms with Gasteiger partial charge < -0.3 is 28.7 Å². The molecule has 0 unspecified atom stereocenters. The van der Waals surface area contributed by atoms with Crippen LogP contribution in [0.25, 0.3) is 12.2 Å². The van der Waals surface area contributed by atoms with E-state index in [1.54, 1.807) is 26.4 Å². The largest absolute Gasteiger partial charge is 0.493 e. The molecule has 280 valence electrons. The highest BCUT2D eigenvalue weighted by Gasteiger charge is 2.43. The van der Waals surface area contributed by atoms with E-state index in [1.807, 2.05) is 125 Å². The lowest BCUT2D eigenvalue weighted by Crippen LogP contribution is -2.42. The monoisotopic (exact) mass is 718 g/mol. The Morgan fingerprint density at radius 1 is 0.566 bits per heavy atom. The van der Waals surface area contributed by atoms with Crippen LogP contribution in [0.1, 0.15) is 35.1 Å². The Bertz CT molecular complexity index is 1670. The fraction of sp³-hybridized carbons (Fsp3) is 0.333. The number of nitrogens with zero attached hydrogens (tertiary/aromatic N) is 2. The standard InChI is InChI=1S/C45H54N2O6/c1-46(2)27-13-29-52-39-23-19-35(31-41(39)50-5)21-25-43(48)45(33-37-15-9-7-10-16-37,34-38-17-11-8-12-18-38)44(49)26-22-36-20-24-40(42(32-36)51-6)53-30-14-28-47(3)4/h7-12,15-26,31-32H,13-14,27-30,33-34H2,1-6H3/b25-21+,26-22+. The van der Waals surface area contributed by atoms with Gasteiger partial charge in [0, 0.05) is 13.1 Å². The SMILES string of the molecule is COc1cc(/C=C/C(=O)C(Cc2ccccc2)(Cc2ccccc2)C(=O)/C=C/c2ccc(OCCCN(C)C)c(OC)c2)ccc1OCCCN(C)C. The van der Waals surface area contributed by atoms with Gasteiger partial charge in [0.1, 0.15) is 5.41 Å². The van der Waals surface area contributed by atoms with Crippen molar-refractivity contribution in [2.75, 3.05) is 68.7 Å². The number of carbonyl (C=O) groups is 2. The van der Waals surface area contributed by atoms with Crippen molar-refractivity contribution >= 4 is 23.7 Å². The number of carbonyl (C=O) groups excluding carboxylic acids is 2. The lowest BCUT2D eigenvalue weighted by molar-refractivity contribution is -0.135. The third-order valence-electron chi connectivity index (χ3n) is 8.88. The van der Waals surface area contributed by atoms with Crippen LogP contribution in [-0.4, -0.2) is 90.1 Å². The second-order valence-electron chi connectivity index (χ2n) is 13.6. The minimum Gasteiger partial charge on any atom is -0.493 e. The van der Waals surface area contributed by atoms with Crippen molar-refractivity contribution in [1.29, 1.82) is 0 Å². The molecule has 4 aromatic rings. The molecule has 0 saturated carbocycles. The number of allylic oxidation sites excluding steroid dienone is 2. The van der Waals surface area contributed by atoms with Gasteiger partial charge in [-0.05, 0) is 113 Å². The van der Waals surface area contributed by atoms with Crippen LogP contribution >= 0.6 is 0 Å². The van der Waals surface area contributed by atoms with E-state index in [9.17, 15) is 9.59 Å². The molecule has 4 aromatic carbocycles. The molecular formula is C45H54N2O6. The molecule has 0 atom stereocenters. The predicted molar refractivity (Wildman–Crippen MR) is 214 cm³/mol. The quantitative estimate of drug-likeness (QED) is 0.0465. The fourth-order valence-corrected chi connectivity index (χ4v) is 6.02. The third-order valence-corrected chi connectivity index (χ3v) is 8.88. The lowest BCUT2D eigenvalue weighted by Gasteiger charge is -2.29. The summed E-state index contributed by atoms with van der Waals surface area (Å²) in [6.07, 6.45) is 8.73. The zero-order valence-corrected chi connectivity index (χ0v) is 32.0. The molecule has 0 N–H and O–H groups in total. The first-order valence-corrected chi connectivity index (χ1v) is 18.1. The van der Waals surface area contributed by atoms with E-state index in [2.05, 4.69) is 9.80 Å². The van der Waals surface area contributed by atoms with Gasteiger partial charge in [0.25, 0.3) is 0 Å². The lowest BCUT2D eigenvalue weighted by atomic mass is 9.69. The number of benzene rings is 4. The Morgan fingerprint density at radius 3 is 1.32 bits per heavy atom. The summed E-state index contributed by atoms with van der Waals surface area (Å²) in [5, 5.41) is 0.